The molecule has 21 heavy (non-hydrogen) atoms. The molecule has 3 aromatic rings. The average molecular weight is 304 g/mol. The second-order valence-corrected chi connectivity index (χ2v) is 5.39. The van der Waals surface area contributed by atoms with Gasteiger partial charge in [-0.25, -0.2) is 4.39 Å². The van der Waals surface area contributed by atoms with Crippen LogP contribution in [0, 0.1) is 12.7 Å². The van der Waals surface area contributed by atoms with Crippen LogP contribution in [0.1, 0.15) is 16.9 Å². The number of para-hydroxylation sites is 1. The summed E-state index contributed by atoms with van der Waals surface area (Å²) in [5, 5.41) is 4.62. The standard InChI is InChI=1S/C17H15ClFNO/c1-11-14(13-4-2-3-5-17(13)21-11)10-20-9-12-6-7-16(19)15(18)8-12/h2-8,20H,9-10H2,1H3. The van der Waals surface area contributed by atoms with E-state index in [9.17, 15) is 4.39 Å². The van der Waals surface area contributed by atoms with Crippen LogP contribution < -0.4 is 5.32 Å². The van der Waals surface area contributed by atoms with Crippen molar-refractivity contribution >= 4 is 22.6 Å². The molecule has 2 aromatic carbocycles. The Kier molecular flexibility index (Phi) is 3.95. The lowest BCUT2D eigenvalue weighted by Gasteiger charge is -2.06. The molecular formula is C17H15ClFNO. The molecule has 0 aliphatic rings. The second kappa shape index (κ2) is 5.88. The fourth-order valence-electron chi connectivity index (χ4n) is 2.42. The highest BCUT2D eigenvalue weighted by Crippen LogP contribution is 2.25. The summed E-state index contributed by atoms with van der Waals surface area (Å²) in [5.41, 5.74) is 3.00. The highest BCUT2D eigenvalue weighted by Gasteiger charge is 2.09. The summed E-state index contributed by atoms with van der Waals surface area (Å²) in [6, 6.07) is 12.7. The molecule has 1 heterocycles. The molecule has 0 fully saturated rings. The SMILES string of the molecule is Cc1oc2ccccc2c1CNCc1ccc(F)c(Cl)c1. The molecule has 0 bridgehead atoms. The van der Waals surface area contributed by atoms with Crippen molar-refractivity contribution in [2.24, 2.45) is 0 Å². The second-order valence-electron chi connectivity index (χ2n) is 4.98. The van der Waals surface area contributed by atoms with E-state index in [1.807, 2.05) is 25.1 Å². The van der Waals surface area contributed by atoms with Crippen LogP contribution in [0.2, 0.25) is 5.02 Å². The number of hydrogen-bond donors (Lipinski definition) is 1. The fraction of sp³-hybridized carbons (Fsp3) is 0.176. The van der Waals surface area contributed by atoms with Crippen molar-refractivity contribution in [1.82, 2.24) is 5.32 Å². The van der Waals surface area contributed by atoms with E-state index in [1.54, 1.807) is 12.1 Å². The summed E-state index contributed by atoms with van der Waals surface area (Å²) >= 11 is 5.78. The third-order valence-electron chi connectivity index (χ3n) is 3.52. The van der Waals surface area contributed by atoms with Gasteiger partial charge in [-0.3, -0.25) is 0 Å². The van der Waals surface area contributed by atoms with Gasteiger partial charge in [-0.05, 0) is 30.7 Å². The molecule has 4 heteroatoms. The maximum absolute atomic E-state index is 13.1. The van der Waals surface area contributed by atoms with Crippen LogP contribution >= 0.6 is 11.6 Å². The molecule has 0 aliphatic heterocycles. The molecule has 1 N–H and O–H groups in total. The summed E-state index contributed by atoms with van der Waals surface area (Å²) < 4.78 is 18.8. The highest BCUT2D eigenvalue weighted by molar-refractivity contribution is 6.30. The van der Waals surface area contributed by atoms with Gasteiger partial charge in [0.2, 0.25) is 0 Å². The summed E-state index contributed by atoms with van der Waals surface area (Å²) in [6.45, 7) is 3.28. The van der Waals surface area contributed by atoms with E-state index in [0.29, 0.717) is 13.1 Å². The number of benzene rings is 2. The summed E-state index contributed by atoms with van der Waals surface area (Å²) in [7, 11) is 0. The van der Waals surface area contributed by atoms with Gasteiger partial charge in [-0.2, -0.15) is 0 Å². The number of aryl methyl sites for hydroxylation is 1. The molecule has 1 aromatic heterocycles. The lowest BCUT2D eigenvalue weighted by Crippen LogP contribution is -2.13. The van der Waals surface area contributed by atoms with Crippen molar-refractivity contribution < 1.29 is 8.81 Å². The maximum atomic E-state index is 13.1. The van der Waals surface area contributed by atoms with E-state index in [-0.39, 0.29) is 5.02 Å². The zero-order valence-electron chi connectivity index (χ0n) is 11.6. The fourth-order valence-corrected chi connectivity index (χ4v) is 2.63. The van der Waals surface area contributed by atoms with Gasteiger partial charge < -0.3 is 9.73 Å². The minimum atomic E-state index is -0.392. The van der Waals surface area contributed by atoms with Crippen LogP contribution in [0.15, 0.2) is 46.9 Å². The molecule has 0 saturated heterocycles. The zero-order valence-corrected chi connectivity index (χ0v) is 12.4. The predicted octanol–water partition coefficient (Wildman–Crippen LogP) is 4.82. The third-order valence-corrected chi connectivity index (χ3v) is 3.80. The van der Waals surface area contributed by atoms with E-state index in [2.05, 4.69) is 11.4 Å². The number of rotatable bonds is 4. The number of fused-ring (bicyclic) bond motifs is 1. The van der Waals surface area contributed by atoms with Crippen LogP contribution in [-0.2, 0) is 13.1 Å². The topological polar surface area (TPSA) is 25.2 Å². The smallest absolute Gasteiger partial charge is 0.141 e. The van der Waals surface area contributed by atoms with Gasteiger partial charge in [0.1, 0.15) is 17.2 Å². The molecule has 108 valence electrons. The quantitative estimate of drug-likeness (QED) is 0.747. The molecule has 0 spiro atoms. The maximum Gasteiger partial charge on any atom is 0.141 e. The monoisotopic (exact) mass is 303 g/mol. The normalized spacial score (nSPS) is 11.2. The van der Waals surface area contributed by atoms with Crippen molar-refractivity contribution in [3.05, 3.63) is 70.2 Å². The Hall–Kier alpha value is -1.84. The van der Waals surface area contributed by atoms with E-state index >= 15 is 0 Å². The van der Waals surface area contributed by atoms with E-state index in [4.69, 9.17) is 16.0 Å². The van der Waals surface area contributed by atoms with Gasteiger partial charge in [0.25, 0.3) is 0 Å². The summed E-state index contributed by atoms with van der Waals surface area (Å²) in [5.74, 6) is 0.526. The molecular weight excluding hydrogens is 289 g/mol. The lowest BCUT2D eigenvalue weighted by atomic mass is 10.1. The number of nitrogens with one attached hydrogen (secondary N) is 1. The first-order chi connectivity index (χ1) is 10.1. The van der Waals surface area contributed by atoms with Crippen molar-refractivity contribution in [3.8, 4) is 0 Å². The van der Waals surface area contributed by atoms with Crippen LogP contribution in [0.25, 0.3) is 11.0 Å². The first kappa shape index (κ1) is 14.1. The molecule has 0 saturated carbocycles. The molecule has 0 amide bonds. The van der Waals surface area contributed by atoms with Crippen molar-refractivity contribution in [2.45, 2.75) is 20.0 Å². The van der Waals surface area contributed by atoms with Gasteiger partial charge in [-0.15, -0.1) is 0 Å². The Morgan fingerprint density at radius 2 is 1.95 bits per heavy atom. The van der Waals surface area contributed by atoms with Gasteiger partial charge in [0.15, 0.2) is 0 Å². The minimum absolute atomic E-state index is 0.152. The van der Waals surface area contributed by atoms with Crippen molar-refractivity contribution in [3.63, 3.8) is 0 Å². The summed E-state index contributed by atoms with van der Waals surface area (Å²) in [4.78, 5) is 0. The van der Waals surface area contributed by atoms with Crippen molar-refractivity contribution in [1.29, 1.82) is 0 Å². The van der Waals surface area contributed by atoms with Gasteiger partial charge >= 0.3 is 0 Å². The largest absolute Gasteiger partial charge is 0.461 e. The first-order valence-electron chi connectivity index (χ1n) is 6.77. The van der Waals surface area contributed by atoms with Gasteiger partial charge in [0.05, 0.1) is 5.02 Å². The van der Waals surface area contributed by atoms with Crippen LogP contribution in [0.5, 0.6) is 0 Å². The predicted molar refractivity (Wildman–Crippen MR) is 82.9 cm³/mol. The van der Waals surface area contributed by atoms with Crippen LogP contribution in [0.3, 0.4) is 0 Å². The number of hydrogen-bond acceptors (Lipinski definition) is 2. The summed E-state index contributed by atoms with van der Waals surface area (Å²) in [6.07, 6.45) is 0. The molecule has 3 rings (SSSR count). The lowest BCUT2D eigenvalue weighted by molar-refractivity contribution is 0.565. The zero-order chi connectivity index (χ0) is 14.8. The molecule has 0 aliphatic carbocycles. The van der Waals surface area contributed by atoms with Crippen LogP contribution in [-0.4, -0.2) is 0 Å². The third kappa shape index (κ3) is 2.94. The number of furan rings is 1. The Balaban J connectivity index is 1.72. The van der Waals surface area contributed by atoms with E-state index in [0.717, 1.165) is 27.9 Å². The molecule has 0 unspecified atom stereocenters. The van der Waals surface area contributed by atoms with E-state index in [1.165, 1.54) is 6.07 Å². The van der Waals surface area contributed by atoms with Gasteiger partial charge in [-0.1, -0.05) is 35.9 Å². The highest BCUT2D eigenvalue weighted by atomic mass is 35.5. The molecule has 2 nitrogen and oxygen atoms in total. The first-order valence-corrected chi connectivity index (χ1v) is 7.14. The Labute approximate surface area is 127 Å². The molecule has 0 atom stereocenters. The Morgan fingerprint density at radius 3 is 2.76 bits per heavy atom. The molecule has 0 radical (unpaired) electrons. The Morgan fingerprint density at radius 1 is 1.14 bits per heavy atom. The van der Waals surface area contributed by atoms with Crippen LogP contribution in [0.4, 0.5) is 4.39 Å². The van der Waals surface area contributed by atoms with Gasteiger partial charge in [0, 0.05) is 24.0 Å². The van der Waals surface area contributed by atoms with Crippen molar-refractivity contribution in [2.75, 3.05) is 0 Å². The average Bonchev–Trinajstić information content (AvgIpc) is 2.79. The Bertz CT molecular complexity index is 782. The minimum Gasteiger partial charge on any atom is -0.461 e. The van der Waals surface area contributed by atoms with E-state index < -0.39 is 5.82 Å². The number of halogens is 2.